The van der Waals surface area contributed by atoms with Gasteiger partial charge < -0.3 is 10.1 Å². The van der Waals surface area contributed by atoms with E-state index in [2.05, 4.69) is 5.32 Å². The van der Waals surface area contributed by atoms with E-state index >= 15 is 0 Å². The Hall–Kier alpha value is -2.38. The molecule has 2 aromatic rings. The lowest BCUT2D eigenvalue weighted by atomic mass is 10.1. The van der Waals surface area contributed by atoms with Crippen molar-refractivity contribution < 1.29 is 17.9 Å². The molecular formula is C22H28N2O4S. The number of rotatable bonds is 8. The third kappa shape index (κ3) is 5.81. The highest BCUT2D eigenvalue weighted by molar-refractivity contribution is 7.88. The maximum absolute atomic E-state index is 12.4. The lowest BCUT2D eigenvalue weighted by Gasteiger charge is -2.17. The van der Waals surface area contributed by atoms with Crippen LogP contribution in [0.2, 0.25) is 0 Å². The number of carbonyl (C=O) groups excluding carboxylic acids is 1. The number of amides is 1. The molecule has 1 saturated heterocycles. The van der Waals surface area contributed by atoms with Crippen molar-refractivity contribution in [2.45, 2.75) is 38.5 Å². The van der Waals surface area contributed by atoms with Gasteiger partial charge in [-0.25, -0.2) is 12.7 Å². The highest BCUT2D eigenvalue weighted by atomic mass is 32.2. The van der Waals surface area contributed by atoms with Gasteiger partial charge in [0.2, 0.25) is 10.0 Å². The quantitative estimate of drug-likeness (QED) is 0.717. The lowest BCUT2D eigenvalue weighted by molar-refractivity contribution is 0.0926. The molecule has 1 aliphatic heterocycles. The van der Waals surface area contributed by atoms with E-state index in [1.165, 1.54) is 0 Å². The van der Waals surface area contributed by atoms with Crippen LogP contribution in [-0.2, 0) is 15.8 Å². The molecule has 0 spiro atoms. The fourth-order valence-electron chi connectivity index (χ4n) is 3.30. The number of nitrogens with zero attached hydrogens (tertiary/aromatic N) is 1. The van der Waals surface area contributed by atoms with Crippen molar-refractivity contribution in [3.8, 4) is 5.75 Å². The Morgan fingerprint density at radius 3 is 2.41 bits per heavy atom. The molecule has 6 nitrogen and oxygen atoms in total. The van der Waals surface area contributed by atoms with Crippen LogP contribution in [0, 0.1) is 6.92 Å². The van der Waals surface area contributed by atoms with Crippen molar-refractivity contribution in [2.24, 2.45) is 0 Å². The molecule has 0 aliphatic carbocycles. The molecule has 1 atom stereocenters. The Balaban J connectivity index is 1.52. The first-order valence-electron chi connectivity index (χ1n) is 9.91. The summed E-state index contributed by atoms with van der Waals surface area (Å²) in [6.07, 6.45) is 1.84. The number of aryl methyl sites for hydroxylation is 1. The molecule has 1 fully saturated rings. The number of ether oxygens (including phenoxy) is 1. The van der Waals surface area contributed by atoms with Gasteiger partial charge in [-0.1, -0.05) is 30.3 Å². The number of sulfonamides is 1. The summed E-state index contributed by atoms with van der Waals surface area (Å²) < 4.78 is 32.1. The van der Waals surface area contributed by atoms with Crippen LogP contribution in [0.5, 0.6) is 5.75 Å². The highest BCUT2D eigenvalue weighted by Crippen LogP contribution is 2.18. The second kappa shape index (κ2) is 9.41. The molecule has 29 heavy (non-hydrogen) atoms. The zero-order valence-electron chi connectivity index (χ0n) is 16.9. The van der Waals surface area contributed by atoms with Crippen LogP contribution in [0.1, 0.15) is 41.3 Å². The second-order valence-corrected chi connectivity index (χ2v) is 9.48. The molecule has 156 valence electrons. The van der Waals surface area contributed by atoms with E-state index in [1.807, 2.05) is 38.1 Å². The third-order valence-corrected chi connectivity index (χ3v) is 6.83. The smallest absolute Gasteiger partial charge is 0.251 e. The van der Waals surface area contributed by atoms with Crippen molar-refractivity contribution in [2.75, 3.05) is 19.7 Å². The molecule has 1 heterocycles. The Labute approximate surface area is 172 Å². The first-order valence-corrected chi connectivity index (χ1v) is 11.5. The van der Waals surface area contributed by atoms with Crippen LogP contribution >= 0.6 is 0 Å². The summed E-state index contributed by atoms with van der Waals surface area (Å²) in [7, 11) is -3.29. The van der Waals surface area contributed by atoms with Crippen molar-refractivity contribution in [3.05, 3.63) is 65.2 Å². The van der Waals surface area contributed by atoms with Crippen molar-refractivity contribution in [1.29, 1.82) is 0 Å². The Morgan fingerprint density at radius 2 is 1.76 bits per heavy atom. The topological polar surface area (TPSA) is 75.7 Å². The molecule has 7 heteroatoms. The summed E-state index contributed by atoms with van der Waals surface area (Å²) in [5, 5.41) is 2.91. The van der Waals surface area contributed by atoms with Crippen molar-refractivity contribution in [3.63, 3.8) is 0 Å². The predicted molar refractivity (Wildman–Crippen MR) is 113 cm³/mol. The summed E-state index contributed by atoms with van der Waals surface area (Å²) in [6.45, 7) is 5.43. The van der Waals surface area contributed by atoms with Crippen LogP contribution in [0.15, 0.2) is 48.5 Å². The number of benzene rings is 2. The minimum atomic E-state index is -3.29. The van der Waals surface area contributed by atoms with Crippen LogP contribution < -0.4 is 10.1 Å². The zero-order chi connectivity index (χ0) is 20.9. The van der Waals surface area contributed by atoms with Gasteiger partial charge in [-0.15, -0.1) is 0 Å². The van der Waals surface area contributed by atoms with Gasteiger partial charge in [0.25, 0.3) is 5.91 Å². The molecule has 1 aliphatic rings. The highest BCUT2D eigenvalue weighted by Gasteiger charge is 2.25. The van der Waals surface area contributed by atoms with Gasteiger partial charge in [-0.3, -0.25) is 4.79 Å². The SMILES string of the molecule is Cc1ccccc1OC[C@@H](C)NC(=O)c1ccc(CS(=O)(=O)N2CCCC2)cc1. The van der Waals surface area contributed by atoms with E-state index in [0.717, 1.165) is 24.2 Å². The van der Waals surface area contributed by atoms with Gasteiger partial charge in [0.05, 0.1) is 11.8 Å². The number of hydrogen-bond donors (Lipinski definition) is 1. The average Bonchev–Trinajstić information content (AvgIpc) is 3.23. The summed E-state index contributed by atoms with van der Waals surface area (Å²) in [5.74, 6) is 0.562. The van der Waals surface area contributed by atoms with Gasteiger partial charge in [0.1, 0.15) is 12.4 Å². The largest absolute Gasteiger partial charge is 0.491 e. The first kappa shape index (κ1) is 21.3. The van der Waals surface area contributed by atoms with E-state index in [0.29, 0.717) is 30.8 Å². The Morgan fingerprint density at radius 1 is 1.10 bits per heavy atom. The molecule has 0 unspecified atom stereocenters. The zero-order valence-corrected chi connectivity index (χ0v) is 17.7. The molecule has 3 rings (SSSR count). The lowest BCUT2D eigenvalue weighted by Crippen LogP contribution is -2.36. The minimum absolute atomic E-state index is 0.0322. The Bertz CT molecular complexity index is 936. The maximum Gasteiger partial charge on any atom is 0.251 e. The molecular weight excluding hydrogens is 388 g/mol. The van der Waals surface area contributed by atoms with E-state index in [-0.39, 0.29) is 17.7 Å². The van der Waals surface area contributed by atoms with Crippen LogP contribution in [0.25, 0.3) is 0 Å². The summed E-state index contributed by atoms with van der Waals surface area (Å²) in [5.41, 5.74) is 2.23. The van der Waals surface area contributed by atoms with E-state index in [1.54, 1.807) is 28.6 Å². The van der Waals surface area contributed by atoms with E-state index < -0.39 is 10.0 Å². The molecule has 2 aromatic carbocycles. The van der Waals surface area contributed by atoms with Crippen LogP contribution in [0.3, 0.4) is 0 Å². The van der Waals surface area contributed by atoms with E-state index in [4.69, 9.17) is 4.74 Å². The van der Waals surface area contributed by atoms with Crippen molar-refractivity contribution in [1.82, 2.24) is 9.62 Å². The standard InChI is InChI=1S/C22H28N2O4S/c1-17-7-3-4-8-21(17)28-15-18(2)23-22(25)20-11-9-19(10-12-20)16-29(26,27)24-13-5-6-14-24/h3-4,7-12,18H,5-6,13-16H2,1-2H3,(H,23,25)/t18-/m1/s1. The number of hydrogen-bond acceptors (Lipinski definition) is 4. The molecule has 1 amide bonds. The molecule has 0 radical (unpaired) electrons. The maximum atomic E-state index is 12.4. The molecule has 1 N–H and O–H groups in total. The van der Waals surface area contributed by atoms with Crippen molar-refractivity contribution >= 4 is 15.9 Å². The fourth-order valence-corrected chi connectivity index (χ4v) is 4.91. The van der Waals surface area contributed by atoms with Crippen LogP contribution in [-0.4, -0.2) is 44.4 Å². The first-order chi connectivity index (χ1) is 13.8. The molecule has 0 aromatic heterocycles. The fraction of sp³-hybridized carbons (Fsp3) is 0.409. The third-order valence-electron chi connectivity index (χ3n) is 4.98. The number of nitrogens with one attached hydrogen (secondary N) is 1. The molecule has 0 saturated carbocycles. The summed E-state index contributed by atoms with van der Waals surface area (Å²) in [6, 6.07) is 14.3. The molecule has 0 bridgehead atoms. The average molecular weight is 417 g/mol. The summed E-state index contributed by atoms with van der Waals surface area (Å²) in [4.78, 5) is 12.4. The predicted octanol–water partition coefficient (Wildman–Crippen LogP) is 3.12. The number of carbonyl (C=O) groups is 1. The Kier molecular flexibility index (Phi) is 6.92. The summed E-state index contributed by atoms with van der Waals surface area (Å²) >= 11 is 0. The van der Waals surface area contributed by atoms with E-state index in [9.17, 15) is 13.2 Å². The van der Waals surface area contributed by atoms with Gasteiger partial charge in [-0.05, 0) is 56.0 Å². The monoisotopic (exact) mass is 416 g/mol. The van der Waals surface area contributed by atoms with Gasteiger partial charge in [0, 0.05) is 18.7 Å². The van der Waals surface area contributed by atoms with Crippen LogP contribution in [0.4, 0.5) is 0 Å². The number of para-hydroxylation sites is 1. The second-order valence-electron chi connectivity index (χ2n) is 7.51. The van der Waals surface area contributed by atoms with Gasteiger partial charge in [0.15, 0.2) is 0 Å². The van der Waals surface area contributed by atoms with Gasteiger partial charge >= 0.3 is 0 Å². The van der Waals surface area contributed by atoms with Gasteiger partial charge in [-0.2, -0.15) is 0 Å². The minimum Gasteiger partial charge on any atom is -0.491 e. The normalized spacial score (nSPS) is 15.8.